The molecule has 1 aliphatic heterocycles. The minimum absolute atomic E-state index is 0.0328. The Kier molecular flexibility index (Phi) is 7.70. The van der Waals surface area contributed by atoms with Crippen LogP contribution in [-0.4, -0.2) is 75.9 Å². The molecule has 3 rings (SSSR count). The molecular weight excluding hydrogens is 424 g/mol. The summed E-state index contributed by atoms with van der Waals surface area (Å²) in [5.41, 5.74) is -1.30. The topological polar surface area (TPSA) is 127 Å². The second-order valence-electron chi connectivity index (χ2n) is 7.91. The molecule has 1 aliphatic carbocycles. The number of methoxy groups -OCH3 is 2. The number of carbonyl (C=O) groups excluding carboxylic acids is 3. The number of aliphatic hydroxyl groups is 1. The molecule has 1 aromatic carbocycles. The van der Waals surface area contributed by atoms with Gasteiger partial charge in [-0.25, -0.2) is 0 Å². The predicted molar refractivity (Wildman–Crippen MR) is 108 cm³/mol. The number of Topliss-reactive ketones (excluding diaryl/α,β-unsaturated/α-hetero) is 1. The van der Waals surface area contributed by atoms with Crippen LogP contribution in [0.3, 0.4) is 0 Å². The van der Waals surface area contributed by atoms with Gasteiger partial charge in [-0.1, -0.05) is 6.07 Å². The summed E-state index contributed by atoms with van der Waals surface area (Å²) in [6.07, 6.45) is -0.401. The first-order valence-electron chi connectivity index (χ1n) is 10.3. The maximum Gasteiger partial charge on any atom is 0.317 e. The Morgan fingerprint density at radius 2 is 1.66 bits per heavy atom. The van der Waals surface area contributed by atoms with Crippen molar-refractivity contribution in [2.24, 2.45) is 11.8 Å². The monoisotopic (exact) mass is 452 g/mol. The molecule has 0 bridgehead atoms. The summed E-state index contributed by atoms with van der Waals surface area (Å²) in [6, 6.07) is 4.87. The lowest BCUT2D eigenvalue weighted by Gasteiger charge is -2.43. The number of ketones is 1. The van der Waals surface area contributed by atoms with Gasteiger partial charge in [0, 0.05) is 26.6 Å². The number of ether oxygens (including phenoxy) is 6. The average Bonchev–Trinajstić information content (AvgIpc) is 3.20. The van der Waals surface area contributed by atoms with Crippen LogP contribution in [-0.2, 0) is 33.3 Å². The Hall–Kier alpha value is -2.69. The number of hydrogen-bond acceptors (Lipinski definition) is 10. The van der Waals surface area contributed by atoms with Gasteiger partial charge in [0.2, 0.25) is 6.79 Å². The molecule has 0 unspecified atom stereocenters. The quantitative estimate of drug-likeness (QED) is 0.327. The first-order valence-corrected chi connectivity index (χ1v) is 10.3. The highest BCUT2D eigenvalue weighted by Gasteiger charge is 2.57. The number of carbonyl (C=O) groups is 3. The molecule has 0 saturated heterocycles. The summed E-state index contributed by atoms with van der Waals surface area (Å²) in [5, 5.41) is 11.1. The Bertz CT molecular complexity index is 849. The molecule has 0 amide bonds. The molecule has 10 heteroatoms. The van der Waals surface area contributed by atoms with E-state index in [0.29, 0.717) is 17.1 Å². The van der Waals surface area contributed by atoms with Crippen LogP contribution in [0.4, 0.5) is 0 Å². The number of hydrogen-bond donors (Lipinski definition) is 1. The summed E-state index contributed by atoms with van der Waals surface area (Å²) in [4.78, 5) is 39.0. The summed E-state index contributed by atoms with van der Waals surface area (Å²) in [5.74, 6) is -4.70. The van der Waals surface area contributed by atoms with Crippen molar-refractivity contribution in [1.29, 1.82) is 0 Å². The second-order valence-corrected chi connectivity index (χ2v) is 7.91. The van der Waals surface area contributed by atoms with Gasteiger partial charge in [-0.15, -0.1) is 0 Å². The average molecular weight is 452 g/mol. The van der Waals surface area contributed by atoms with Crippen molar-refractivity contribution in [2.75, 3.05) is 47.4 Å². The van der Waals surface area contributed by atoms with Gasteiger partial charge < -0.3 is 33.5 Å². The zero-order valence-corrected chi connectivity index (χ0v) is 18.3. The molecule has 1 aromatic rings. The number of esters is 2. The first-order chi connectivity index (χ1) is 15.3. The molecule has 0 aromatic heterocycles. The zero-order chi connectivity index (χ0) is 23.3. The Labute approximate surface area is 185 Å². The van der Waals surface area contributed by atoms with E-state index in [1.165, 1.54) is 21.1 Å². The van der Waals surface area contributed by atoms with Crippen molar-refractivity contribution < 1.29 is 47.9 Å². The van der Waals surface area contributed by atoms with E-state index in [9.17, 15) is 19.5 Å². The van der Waals surface area contributed by atoms with E-state index in [0.717, 1.165) is 0 Å². The highest BCUT2D eigenvalue weighted by Crippen LogP contribution is 2.48. The van der Waals surface area contributed by atoms with E-state index in [2.05, 4.69) is 0 Å². The highest BCUT2D eigenvalue weighted by molar-refractivity contribution is 6.02. The lowest BCUT2D eigenvalue weighted by molar-refractivity contribution is -0.174. The summed E-state index contributed by atoms with van der Waals surface area (Å²) in [6.45, 7) is 1.65. The molecule has 2 aliphatic rings. The van der Waals surface area contributed by atoms with Crippen molar-refractivity contribution >= 4 is 17.7 Å². The molecule has 1 N–H and O–H groups in total. The van der Waals surface area contributed by atoms with Gasteiger partial charge >= 0.3 is 11.9 Å². The summed E-state index contributed by atoms with van der Waals surface area (Å²) < 4.78 is 31.1. The maximum atomic E-state index is 13.1. The molecule has 4 atom stereocenters. The molecule has 0 radical (unpaired) electrons. The van der Waals surface area contributed by atoms with Gasteiger partial charge in [-0.3, -0.25) is 14.4 Å². The largest absolute Gasteiger partial charge is 0.463 e. The fraction of sp³-hybridized carbons (Fsp3) is 0.591. The number of rotatable bonds is 9. The summed E-state index contributed by atoms with van der Waals surface area (Å²) in [7, 11) is 2.92. The standard InChI is InChI=1S/C22H28O10/c1-22(26)11-14(23)18(20(24)29-8-6-27-2)17(19(22)21(25)30-9-7-28-3)13-4-5-15-16(10-13)32-12-31-15/h4-5,10,17-19,26H,6-9,11-12H2,1-3H3/t17-,18+,19+,22-/m0/s1. The van der Waals surface area contributed by atoms with Gasteiger partial charge in [0.15, 0.2) is 17.3 Å². The third-order valence-corrected chi connectivity index (χ3v) is 5.62. The lowest BCUT2D eigenvalue weighted by Crippen LogP contribution is -2.55. The van der Waals surface area contributed by atoms with Crippen LogP contribution in [0.15, 0.2) is 18.2 Å². The molecule has 1 saturated carbocycles. The summed E-state index contributed by atoms with van der Waals surface area (Å²) >= 11 is 0. The lowest BCUT2D eigenvalue weighted by atomic mass is 9.61. The molecule has 176 valence electrons. The van der Waals surface area contributed by atoms with Crippen molar-refractivity contribution in [3.05, 3.63) is 23.8 Å². The second kappa shape index (κ2) is 10.3. The predicted octanol–water partition coefficient (Wildman–Crippen LogP) is 0.834. The van der Waals surface area contributed by atoms with Gasteiger partial charge in [-0.2, -0.15) is 0 Å². The first kappa shape index (κ1) is 24.0. The normalized spacial score (nSPS) is 26.6. The van der Waals surface area contributed by atoms with Crippen LogP contribution in [0.5, 0.6) is 11.5 Å². The number of fused-ring (bicyclic) bond motifs is 1. The van der Waals surface area contributed by atoms with Gasteiger partial charge in [-0.05, 0) is 24.6 Å². The fourth-order valence-corrected chi connectivity index (χ4v) is 4.17. The Balaban J connectivity index is 2.01. The Morgan fingerprint density at radius 3 is 2.31 bits per heavy atom. The van der Waals surface area contributed by atoms with Crippen LogP contribution >= 0.6 is 0 Å². The smallest absolute Gasteiger partial charge is 0.317 e. The van der Waals surface area contributed by atoms with E-state index in [-0.39, 0.29) is 33.2 Å². The van der Waals surface area contributed by atoms with E-state index in [1.807, 2.05) is 0 Å². The molecule has 10 nitrogen and oxygen atoms in total. The van der Waals surface area contributed by atoms with Gasteiger partial charge in [0.1, 0.15) is 19.1 Å². The van der Waals surface area contributed by atoms with Crippen LogP contribution in [0.2, 0.25) is 0 Å². The van der Waals surface area contributed by atoms with Crippen molar-refractivity contribution in [3.63, 3.8) is 0 Å². The minimum Gasteiger partial charge on any atom is -0.463 e. The van der Waals surface area contributed by atoms with Crippen LogP contribution in [0, 0.1) is 11.8 Å². The van der Waals surface area contributed by atoms with E-state index in [1.54, 1.807) is 18.2 Å². The molecule has 1 heterocycles. The molecule has 0 spiro atoms. The van der Waals surface area contributed by atoms with Crippen molar-refractivity contribution in [1.82, 2.24) is 0 Å². The van der Waals surface area contributed by atoms with E-state index in [4.69, 9.17) is 28.4 Å². The third kappa shape index (κ3) is 5.03. The van der Waals surface area contributed by atoms with Crippen molar-refractivity contribution in [3.8, 4) is 11.5 Å². The fourth-order valence-electron chi connectivity index (χ4n) is 4.17. The molecular formula is C22H28O10. The van der Waals surface area contributed by atoms with Crippen LogP contribution in [0.1, 0.15) is 24.8 Å². The zero-order valence-electron chi connectivity index (χ0n) is 18.3. The van der Waals surface area contributed by atoms with Gasteiger partial charge in [0.25, 0.3) is 0 Å². The van der Waals surface area contributed by atoms with E-state index >= 15 is 0 Å². The third-order valence-electron chi connectivity index (χ3n) is 5.62. The van der Waals surface area contributed by atoms with Crippen LogP contribution < -0.4 is 9.47 Å². The maximum absolute atomic E-state index is 13.1. The minimum atomic E-state index is -1.74. The van der Waals surface area contributed by atoms with Crippen molar-refractivity contribution in [2.45, 2.75) is 24.9 Å². The SMILES string of the molecule is COCCOC(=O)[C@@H]1C(=O)C[C@](C)(O)[C@@H](C(=O)OCCOC)[C@H]1c1ccc2c(c1)OCO2. The van der Waals surface area contributed by atoms with E-state index < -0.39 is 47.5 Å². The highest BCUT2D eigenvalue weighted by atomic mass is 16.7. The Morgan fingerprint density at radius 1 is 1.03 bits per heavy atom. The van der Waals surface area contributed by atoms with Gasteiger partial charge in [0.05, 0.1) is 24.7 Å². The number of benzene rings is 1. The van der Waals surface area contributed by atoms with Crippen LogP contribution in [0.25, 0.3) is 0 Å². The molecule has 1 fully saturated rings. The molecule has 32 heavy (non-hydrogen) atoms.